The van der Waals surface area contributed by atoms with Crippen LogP contribution in [0.2, 0.25) is 0 Å². The van der Waals surface area contributed by atoms with Crippen molar-refractivity contribution >= 4 is 23.6 Å². The molecule has 2 heterocycles. The van der Waals surface area contributed by atoms with E-state index in [0.29, 0.717) is 24.4 Å². The first-order chi connectivity index (χ1) is 13.4. The van der Waals surface area contributed by atoms with Crippen molar-refractivity contribution in [3.8, 4) is 0 Å². The van der Waals surface area contributed by atoms with Crippen molar-refractivity contribution in [2.45, 2.75) is 45.3 Å². The van der Waals surface area contributed by atoms with Gasteiger partial charge in [0.05, 0.1) is 5.92 Å². The van der Waals surface area contributed by atoms with Gasteiger partial charge in [0.25, 0.3) is 0 Å². The summed E-state index contributed by atoms with van der Waals surface area (Å²) in [4.78, 5) is 33.9. The summed E-state index contributed by atoms with van der Waals surface area (Å²) in [5.41, 5.74) is 0.361. The molecule has 7 heteroatoms. The average molecular weight is 389 g/mol. The minimum Gasteiger partial charge on any atom is -0.346 e. The Morgan fingerprint density at radius 3 is 2.36 bits per heavy atom. The van der Waals surface area contributed by atoms with Crippen LogP contribution in [0.3, 0.4) is 0 Å². The van der Waals surface area contributed by atoms with Crippen molar-refractivity contribution in [1.29, 1.82) is 0 Å². The third-order valence-electron chi connectivity index (χ3n) is 5.21. The molecule has 1 aromatic carbocycles. The summed E-state index contributed by atoms with van der Waals surface area (Å²) in [6.07, 6.45) is 4.68. The molecule has 0 radical (unpaired) electrons. The van der Waals surface area contributed by atoms with Gasteiger partial charge in [-0.15, -0.1) is 0 Å². The number of hydrogen-bond donors (Lipinski definition) is 0. The first-order valence-electron chi connectivity index (χ1n) is 9.66. The standard InChI is InChI=1S/C21H25F2N3O2/c1-4-6-16-19(27)18-20(26(9-5-2)21(16)28)24-17(25(18)3)8-7-13-10-14(22)12-15(23)11-13/h7-8,10-12,16,18,20H,4-6,9H2,1-3H3/b8-7+. The Balaban J connectivity index is 1.90. The van der Waals surface area contributed by atoms with E-state index in [-0.39, 0.29) is 11.7 Å². The van der Waals surface area contributed by atoms with E-state index in [9.17, 15) is 18.4 Å². The lowest BCUT2D eigenvalue weighted by Crippen LogP contribution is -2.61. The Labute approximate surface area is 163 Å². The number of hydrogen-bond acceptors (Lipinski definition) is 4. The summed E-state index contributed by atoms with van der Waals surface area (Å²) < 4.78 is 26.8. The van der Waals surface area contributed by atoms with Crippen molar-refractivity contribution < 1.29 is 18.4 Å². The molecule has 0 aromatic heterocycles. The van der Waals surface area contributed by atoms with Gasteiger partial charge in [-0.25, -0.2) is 13.8 Å². The number of amidine groups is 1. The molecule has 1 fully saturated rings. The number of likely N-dealkylation sites (N-methyl/N-ethyl adjacent to an activating group) is 1. The van der Waals surface area contributed by atoms with Crippen LogP contribution >= 0.6 is 0 Å². The van der Waals surface area contributed by atoms with Gasteiger partial charge in [-0.3, -0.25) is 9.59 Å². The van der Waals surface area contributed by atoms with E-state index in [4.69, 9.17) is 0 Å². The van der Waals surface area contributed by atoms with Crippen molar-refractivity contribution in [2.75, 3.05) is 13.6 Å². The van der Waals surface area contributed by atoms with Gasteiger partial charge in [-0.1, -0.05) is 26.3 Å². The van der Waals surface area contributed by atoms with Crippen LogP contribution in [0.5, 0.6) is 0 Å². The van der Waals surface area contributed by atoms with Gasteiger partial charge >= 0.3 is 0 Å². The van der Waals surface area contributed by atoms with E-state index in [0.717, 1.165) is 18.9 Å². The highest BCUT2D eigenvalue weighted by atomic mass is 19.1. The predicted molar refractivity (Wildman–Crippen MR) is 104 cm³/mol. The van der Waals surface area contributed by atoms with Crippen LogP contribution in [0.25, 0.3) is 6.08 Å². The van der Waals surface area contributed by atoms with Crippen molar-refractivity contribution in [3.05, 3.63) is 41.5 Å². The van der Waals surface area contributed by atoms with Crippen LogP contribution in [-0.2, 0) is 9.59 Å². The Kier molecular flexibility index (Phi) is 5.91. The number of carbonyl (C=O) groups is 2. The highest BCUT2D eigenvalue weighted by Gasteiger charge is 2.51. The van der Waals surface area contributed by atoms with E-state index in [2.05, 4.69) is 4.99 Å². The fraction of sp³-hybridized carbons (Fsp3) is 0.476. The third-order valence-corrected chi connectivity index (χ3v) is 5.21. The smallest absolute Gasteiger partial charge is 0.235 e. The molecule has 1 aromatic rings. The zero-order valence-electron chi connectivity index (χ0n) is 16.4. The molecule has 2 aliphatic rings. The fourth-order valence-electron chi connectivity index (χ4n) is 3.92. The SMILES string of the molecule is CCCC1C(=O)C2C(N=C(/C=C/c3cc(F)cc(F)c3)N2C)N(CCC)C1=O. The van der Waals surface area contributed by atoms with Gasteiger partial charge < -0.3 is 9.80 Å². The molecule has 28 heavy (non-hydrogen) atoms. The number of Topliss-reactive ketones (excluding diaryl/α,β-unsaturated/α-hetero) is 1. The number of fused-ring (bicyclic) bond motifs is 1. The van der Waals surface area contributed by atoms with Gasteiger partial charge in [0, 0.05) is 19.7 Å². The van der Waals surface area contributed by atoms with Crippen LogP contribution in [0.1, 0.15) is 38.7 Å². The average Bonchev–Trinajstić information content (AvgIpc) is 2.96. The molecule has 3 rings (SSSR count). The normalized spacial score (nSPS) is 24.9. The first kappa shape index (κ1) is 20.2. The Hall–Kier alpha value is -2.57. The van der Waals surface area contributed by atoms with Crippen LogP contribution < -0.4 is 0 Å². The molecular weight excluding hydrogens is 364 g/mol. The minimum atomic E-state index is -0.660. The summed E-state index contributed by atoms with van der Waals surface area (Å²) in [7, 11) is 1.76. The molecule has 5 nitrogen and oxygen atoms in total. The lowest BCUT2D eigenvalue weighted by Gasteiger charge is -2.40. The highest BCUT2D eigenvalue weighted by Crippen LogP contribution is 2.32. The number of aliphatic imine (C=N–C) groups is 1. The Bertz CT molecular complexity index is 817. The molecule has 0 N–H and O–H groups in total. The van der Waals surface area contributed by atoms with Gasteiger partial charge in [0.1, 0.15) is 23.5 Å². The number of halogens is 2. The maximum Gasteiger partial charge on any atom is 0.235 e. The monoisotopic (exact) mass is 389 g/mol. The fourth-order valence-corrected chi connectivity index (χ4v) is 3.92. The number of amides is 1. The van der Waals surface area contributed by atoms with Crippen LogP contribution in [0.4, 0.5) is 8.78 Å². The van der Waals surface area contributed by atoms with Gasteiger partial charge in [0.2, 0.25) is 5.91 Å². The molecule has 0 spiro atoms. The van der Waals surface area contributed by atoms with Crippen LogP contribution in [0, 0.1) is 17.6 Å². The number of carbonyl (C=O) groups excluding carboxylic acids is 2. The van der Waals surface area contributed by atoms with Crippen molar-refractivity contribution in [2.24, 2.45) is 10.9 Å². The summed E-state index contributed by atoms with van der Waals surface area (Å²) in [6, 6.07) is 2.73. The number of nitrogens with zero attached hydrogens (tertiary/aromatic N) is 3. The second-order valence-corrected chi connectivity index (χ2v) is 7.27. The Morgan fingerprint density at radius 1 is 1.07 bits per heavy atom. The number of rotatable bonds is 6. The zero-order chi connectivity index (χ0) is 20.4. The number of likely N-dealkylation sites (tertiary alicyclic amines) is 1. The molecule has 1 saturated heterocycles. The molecule has 0 bridgehead atoms. The van der Waals surface area contributed by atoms with Crippen molar-refractivity contribution in [1.82, 2.24) is 9.80 Å². The molecular formula is C21H25F2N3O2. The van der Waals surface area contributed by atoms with Crippen LogP contribution in [-0.4, -0.2) is 53.1 Å². The summed E-state index contributed by atoms with van der Waals surface area (Å²) in [5.74, 6) is -1.69. The summed E-state index contributed by atoms with van der Waals surface area (Å²) >= 11 is 0. The van der Waals surface area contributed by atoms with E-state index in [1.807, 2.05) is 13.8 Å². The van der Waals surface area contributed by atoms with Gasteiger partial charge in [-0.2, -0.15) is 0 Å². The molecule has 2 aliphatic heterocycles. The minimum absolute atomic E-state index is 0.101. The lowest BCUT2D eigenvalue weighted by molar-refractivity contribution is -0.152. The number of benzene rings is 1. The summed E-state index contributed by atoms with van der Waals surface area (Å²) in [6.45, 7) is 4.48. The lowest BCUT2D eigenvalue weighted by atomic mass is 9.86. The van der Waals surface area contributed by atoms with Gasteiger partial charge in [0.15, 0.2) is 11.9 Å². The largest absolute Gasteiger partial charge is 0.346 e. The van der Waals surface area contributed by atoms with E-state index in [1.165, 1.54) is 12.1 Å². The molecule has 3 atom stereocenters. The highest BCUT2D eigenvalue weighted by molar-refractivity contribution is 6.11. The molecule has 0 saturated carbocycles. The second-order valence-electron chi connectivity index (χ2n) is 7.27. The molecule has 0 aliphatic carbocycles. The number of piperidine rings is 1. The topological polar surface area (TPSA) is 53.0 Å². The predicted octanol–water partition coefficient (Wildman–Crippen LogP) is 3.25. The quantitative estimate of drug-likeness (QED) is 0.702. The maximum atomic E-state index is 13.4. The maximum absolute atomic E-state index is 13.4. The van der Waals surface area contributed by atoms with E-state index < -0.39 is 29.8 Å². The second kappa shape index (κ2) is 8.20. The van der Waals surface area contributed by atoms with Gasteiger partial charge in [-0.05, 0) is 36.6 Å². The van der Waals surface area contributed by atoms with Crippen molar-refractivity contribution in [3.63, 3.8) is 0 Å². The summed E-state index contributed by atoms with van der Waals surface area (Å²) in [5, 5.41) is 0. The third kappa shape index (κ3) is 3.70. The molecule has 150 valence electrons. The Morgan fingerprint density at radius 2 is 1.75 bits per heavy atom. The molecule has 3 unspecified atom stereocenters. The zero-order valence-corrected chi connectivity index (χ0v) is 16.4. The molecule has 1 amide bonds. The van der Waals surface area contributed by atoms with E-state index in [1.54, 1.807) is 29.0 Å². The first-order valence-corrected chi connectivity index (χ1v) is 9.66. The van der Waals surface area contributed by atoms with Crippen LogP contribution in [0.15, 0.2) is 29.3 Å². The number of ketones is 1. The van der Waals surface area contributed by atoms with E-state index >= 15 is 0 Å².